The fourth-order valence-electron chi connectivity index (χ4n) is 3.27. The fourth-order valence-corrected chi connectivity index (χ4v) is 3.27. The number of aromatic amines is 1. The Morgan fingerprint density at radius 2 is 1.90 bits per heavy atom. The first kappa shape index (κ1) is 18.7. The van der Waals surface area contributed by atoms with E-state index in [1.54, 1.807) is 6.92 Å². The maximum atomic E-state index is 12.1. The number of fused-ring (bicyclic) bond motifs is 1. The molecule has 0 radical (unpaired) electrons. The normalized spacial score (nSPS) is 11.0. The van der Waals surface area contributed by atoms with Crippen molar-refractivity contribution >= 4 is 17.4 Å². The number of hydrogen-bond acceptors (Lipinski definition) is 5. The molecule has 0 saturated carbocycles. The van der Waals surface area contributed by atoms with Crippen LogP contribution >= 0.6 is 0 Å². The number of carbonyl (C=O) groups excluding carboxylic acids is 1. The van der Waals surface area contributed by atoms with Crippen LogP contribution in [0.2, 0.25) is 0 Å². The third-order valence-corrected chi connectivity index (χ3v) is 4.76. The molecule has 1 aromatic carbocycles. The summed E-state index contributed by atoms with van der Waals surface area (Å²) < 4.78 is 7.18. The molecule has 29 heavy (non-hydrogen) atoms. The van der Waals surface area contributed by atoms with Gasteiger partial charge in [-0.3, -0.25) is 5.10 Å². The summed E-state index contributed by atoms with van der Waals surface area (Å²) in [6.45, 7) is 6.67. The average molecular weight is 389 g/mol. The molecule has 0 spiro atoms. The molecule has 0 aliphatic rings. The SMILES string of the molecule is CCOC(=O)c1cn[nH]c1NCc1c(-c2ccc(C)cc2)nc2ccc(C)cn12. The third-order valence-electron chi connectivity index (χ3n) is 4.76. The number of nitrogens with zero attached hydrogens (tertiary/aromatic N) is 3. The molecule has 3 aromatic heterocycles. The standard InChI is InChI=1S/C22H23N5O2/c1-4-29-22(28)17-11-24-26-21(17)23-12-18-20(16-8-5-14(2)6-9-16)25-19-10-7-15(3)13-27(18)19/h5-11,13H,4,12H2,1-3H3,(H2,23,24,26). The van der Waals surface area contributed by atoms with Crippen molar-refractivity contribution < 1.29 is 9.53 Å². The smallest absolute Gasteiger partial charge is 0.343 e. The van der Waals surface area contributed by atoms with Gasteiger partial charge in [0.1, 0.15) is 17.0 Å². The van der Waals surface area contributed by atoms with Crippen molar-refractivity contribution in [2.24, 2.45) is 0 Å². The summed E-state index contributed by atoms with van der Waals surface area (Å²) in [5, 5.41) is 10.1. The molecule has 4 aromatic rings. The zero-order chi connectivity index (χ0) is 20.4. The molecule has 7 heteroatoms. The Bertz CT molecular complexity index is 1160. The molecular formula is C22H23N5O2. The molecular weight excluding hydrogens is 366 g/mol. The predicted molar refractivity (Wildman–Crippen MR) is 112 cm³/mol. The van der Waals surface area contributed by atoms with Crippen LogP contribution in [0.15, 0.2) is 48.8 Å². The van der Waals surface area contributed by atoms with Gasteiger partial charge in [-0.25, -0.2) is 9.78 Å². The van der Waals surface area contributed by atoms with Gasteiger partial charge < -0.3 is 14.5 Å². The first-order chi connectivity index (χ1) is 14.1. The minimum absolute atomic E-state index is 0.313. The summed E-state index contributed by atoms with van der Waals surface area (Å²) in [7, 11) is 0. The second-order valence-electron chi connectivity index (χ2n) is 6.94. The van der Waals surface area contributed by atoms with Gasteiger partial charge in [0, 0.05) is 11.8 Å². The summed E-state index contributed by atoms with van der Waals surface area (Å²) >= 11 is 0. The molecule has 2 N–H and O–H groups in total. The van der Waals surface area contributed by atoms with Crippen molar-refractivity contribution in [1.29, 1.82) is 0 Å². The molecule has 0 unspecified atom stereocenters. The topological polar surface area (TPSA) is 84.3 Å². The number of hydrogen-bond donors (Lipinski definition) is 2. The molecule has 148 valence electrons. The van der Waals surface area contributed by atoms with E-state index in [0.717, 1.165) is 28.2 Å². The minimum atomic E-state index is -0.406. The summed E-state index contributed by atoms with van der Waals surface area (Å²) in [6, 6.07) is 12.4. The van der Waals surface area contributed by atoms with Crippen molar-refractivity contribution in [3.8, 4) is 11.3 Å². The van der Waals surface area contributed by atoms with Gasteiger partial charge in [-0.2, -0.15) is 5.10 Å². The minimum Gasteiger partial charge on any atom is -0.462 e. The number of esters is 1. The molecule has 0 amide bonds. The average Bonchev–Trinajstić information content (AvgIpc) is 3.31. The van der Waals surface area contributed by atoms with Crippen molar-refractivity contribution in [2.75, 3.05) is 11.9 Å². The van der Waals surface area contributed by atoms with E-state index in [1.807, 2.05) is 12.1 Å². The van der Waals surface area contributed by atoms with Crippen molar-refractivity contribution in [2.45, 2.75) is 27.3 Å². The van der Waals surface area contributed by atoms with Crippen LogP contribution in [0.5, 0.6) is 0 Å². The number of nitrogens with one attached hydrogen (secondary N) is 2. The van der Waals surface area contributed by atoms with Crippen LogP contribution in [-0.4, -0.2) is 32.2 Å². The Kier molecular flexibility index (Phi) is 5.03. The van der Waals surface area contributed by atoms with E-state index in [2.05, 4.69) is 64.2 Å². The van der Waals surface area contributed by atoms with E-state index < -0.39 is 5.97 Å². The van der Waals surface area contributed by atoms with Gasteiger partial charge in [0.2, 0.25) is 0 Å². The zero-order valence-corrected chi connectivity index (χ0v) is 16.7. The number of pyridine rings is 1. The largest absolute Gasteiger partial charge is 0.462 e. The number of H-pyrrole nitrogens is 1. The van der Waals surface area contributed by atoms with Gasteiger partial charge >= 0.3 is 5.97 Å². The molecule has 0 atom stereocenters. The van der Waals surface area contributed by atoms with Crippen LogP contribution in [0.3, 0.4) is 0 Å². The molecule has 0 bridgehead atoms. The quantitative estimate of drug-likeness (QED) is 0.485. The van der Waals surface area contributed by atoms with E-state index in [1.165, 1.54) is 11.8 Å². The highest BCUT2D eigenvalue weighted by atomic mass is 16.5. The number of carbonyl (C=O) groups is 1. The second-order valence-corrected chi connectivity index (χ2v) is 6.94. The highest BCUT2D eigenvalue weighted by molar-refractivity contribution is 5.94. The lowest BCUT2D eigenvalue weighted by Crippen LogP contribution is -2.10. The van der Waals surface area contributed by atoms with Gasteiger partial charge in [-0.1, -0.05) is 35.9 Å². The Morgan fingerprint density at radius 1 is 1.14 bits per heavy atom. The molecule has 3 heterocycles. The van der Waals surface area contributed by atoms with Gasteiger partial charge in [-0.15, -0.1) is 0 Å². The van der Waals surface area contributed by atoms with Gasteiger partial charge in [-0.05, 0) is 32.4 Å². The van der Waals surface area contributed by atoms with Crippen molar-refractivity contribution in [1.82, 2.24) is 19.6 Å². The Morgan fingerprint density at radius 3 is 2.66 bits per heavy atom. The lowest BCUT2D eigenvalue weighted by molar-refractivity contribution is 0.0527. The van der Waals surface area contributed by atoms with Crippen LogP contribution in [0.25, 0.3) is 16.9 Å². The van der Waals surface area contributed by atoms with Crippen LogP contribution in [0.4, 0.5) is 5.82 Å². The second kappa shape index (κ2) is 7.79. The highest BCUT2D eigenvalue weighted by Crippen LogP contribution is 2.26. The maximum absolute atomic E-state index is 12.1. The Labute approximate surface area is 168 Å². The number of benzene rings is 1. The summed E-state index contributed by atoms with van der Waals surface area (Å²) in [6.07, 6.45) is 3.54. The number of aromatic nitrogens is 4. The van der Waals surface area contributed by atoms with Gasteiger partial charge in [0.05, 0.1) is 30.7 Å². The summed E-state index contributed by atoms with van der Waals surface area (Å²) in [5.74, 6) is 0.123. The number of anilines is 1. The van der Waals surface area contributed by atoms with Crippen LogP contribution in [0, 0.1) is 13.8 Å². The molecule has 7 nitrogen and oxygen atoms in total. The van der Waals surface area contributed by atoms with Crippen LogP contribution < -0.4 is 5.32 Å². The van der Waals surface area contributed by atoms with E-state index in [9.17, 15) is 4.79 Å². The number of ether oxygens (including phenoxy) is 1. The monoisotopic (exact) mass is 389 g/mol. The lowest BCUT2D eigenvalue weighted by atomic mass is 10.1. The maximum Gasteiger partial charge on any atom is 0.343 e. The molecule has 0 aliphatic heterocycles. The Hall–Kier alpha value is -3.61. The van der Waals surface area contributed by atoms with Crippen molar-refractivity contribution in [3.63, 3.8) is 0 Å². The van der Waals surface area contributed by atoms with Crippen LogP contribution in [0.1, 0.15) is 34.1 Å². The van der Waals surface area contributed by atoms with E-state index >= 15 is 0 Å². The molecule has 0 aliphatic carbocycles. The lowest BCUT2D eigenvalue weighted by Gasteiger charge is -2.09. The zero-order valence-electron chi connectivity index (χ0n) is 16.7. The van der Waals surface area contributed by atoms with Crippen molar-refractivity contribution in [3.05, 3.63) is 71.2 Å². The Balaban J connectivity index is 1.72. The van der Waals surface area contributed by atoms with Crippen LogP contribution in [-0.2, 0) is 11.3 Å². The first-order valence-electron chi connectivity index (χ1n) is 9.55. The highest BCUT2D eigenvalue weighted by Gasteiger charge is 2.18. The van der Waals surface area contributed by atoms with E-state index in [0.29, 0.717) is 24.5 Å². The number of aryl methyl sites for hydroxylation is 2. The summed E-state index contributed by atoms with van der Waals surface area (Å²) in [5.41, 5.74) is 6.54. The van der Waals surface area contributed by atoms with E-state index in [4.69, 9.17) is 9.72 Å². The fraction of sp³-hybridized carbons (Fsp3) is 0.227. The molecule has 0 fully saturated rings. The van der Waals surface area contributed by atoms with Gasteiger partial charge in [0.15, 0.2) is 0 Å². The third kappa shape index (κ3) is 3.71. The van der Waals surface area contributed by atoms with Gasteiger partial charge in [0.25, 0.3) is 0 Å². The first-order valence-corrected chi connectivity index (χ1v) is 9.55. The number of rotatable bonds is 6. The number of imidazole rings is 1. The molecule has 0 saturated heterocycles. The summed E-state index contributed by atoms with van der Waals surface area (Å²) in [4.78, 5) is 17.0. The molecule has 4 rings (SSSR count). The predicted octanol–water partition coefficient (Wildman–Crippen LogP) is 4.13. The van der Waals surface area contributed by atoms with E-state index in [-0.39, 0.29) is 0 Å².